The van der Waals surface area contributed by atoms with E-state index in [1.165, 1.54) is 33.3 Å². The molecule has 6 nitrogen and oxygen atoms in total. The molecule has 0 radical (unpaired) electrons. The third-order valence-electron chi connectivity index (χ3n) is 3.69. The molecule has 1 N–H and O–H groups in total. The molecule has 0 aliphatic rings. The second kappa shape index (κ2) is 8.13. The zero-order valence-electron chi connectivity index (χ0n) is 14.5. The van der Waals surface area contributed by atoms with Crippen molar-refractivity contribution in [3.05, 3.63) is 54.1 Å². The van der Waals surface area contributed by atoms with E-state index in [0.717, 1.165) is 9.87 Å². The number of hydrogen-bond acceptors (Lipinski definition) is 4. The van der Waals surface area contributed by atoms with Gasteiger partial charge in [0, 0.05) is 26.2 Å². The van der Waals surface area contributed by atoms with Crippen LogP contribution >= 0.6 is 0 Å². The van der Waals surface area contributed by atoms with Crippen LogP contribution in [0.2, 0.25) is 0 Å². The van der Waals surface area contributed by atoms with Gasteiger partial charge in [-0.25, -0.2) is 12.7 Å². The monoisotopic (exact) mass is 362 g/mol. The van der Waals surface area contributed by atoms with Crippen molar-refractivity contribution in [3.8, 4) is 5.75 Å². The van der Waals surface area contributed by atoms with Crippen molar-refractivity contribution in [3.63, 3.8) is 0 Å². The lowest BCUT2D eigenvalue weighted by molar-refractivity contribution is -0.116. The number of aryl methyl sites for hydroxylation is 1. The summed E-state index contributed by atoms with van der Waals surface area (Å²) >= 11 is 0. The molecular weight excluding hydrogens is 340 g/mol. The fraction of sp³-hybridized carbons (Fsp3) is 0.278. The number of benzene rings is 2. The highest BCUT2D eigenvalue weighted by molar-refractivity contribution is 7.89. The summed E-state index contributed by atoms with van der Waals surface area (Å²) in [5, 5.41) is 2.74. The Morgan fingerprint density at radius 2 is 1.80 bits per heavy atom. The maximum atomic E-state index is 12.4. The molecule has 0 saturated carbocycles. The first-order valence-corrected chi connectivity index (χ1v) is 9.23. The number of amides is 1. The van der Waals surface area contributed by atoms with Gasteiger partial charge in [-0.15, -0.1) is 0 Å². The number of nitrogens with one attached hydrogen (secondary N) is 1. The fourth-order valence-electron chi connectivity index (χ4n) is 2.28. The zero-order chi connectivity index (χ0) is 18.4. The van der Waals surface area contributed by atoms with Gasteiger partial charge >= 0.3 is 0 Å². The molecule has 0 aliphatic heterocycles. The highest BCUT2D eigenvalue weighted by Gasteiger charge is 2.23. The molecule has 0 aromatic heterocycles. The number of anilines is 1. The Hall–Kier alpha value is -2.38. The van der Waals surface area contributed by atoms with E-state index in [1.54, 1.807) is 6.07 Å². The van der Waals surface area contributed by atoms with Crippen molar-refractivity contribution in [2.75, 3.05) is 26.5 Å². The number of carbonyl (C=O) groups is 1. The third-order valence-corrected chi connectivity index (χ3v) is 5.53. The van der Waals surface area contributed by atoms with E-state index in [9.17, 15) is 13.2 Å². The largest absolute Gasteiger partial charge is 0.495 e. The van der Waals surface area contributed by atoms with Gasteiger partial charge < -0.3 is 10.1 Å². The molecule has 0 fully saturated rings. The molecule has 0 atom stereocenters. The normalized spacial score (nSPS) is 11.4. The Morgan fingerprint density at radius 3 is 2.40 bits per heavy atom. The van der Waals surface area contributed by atoms with Crippen LogP contribution in [0.3, 0.4) is 0 Å². The summed E-state index contributed by atoms with van der Waals surface area (Å²) in [6.07, 6.45) is 0.928. The molecule has 0 aliphatic carbocycles. The smallest absolute Gasteiger partial charge is 0.246 e. The van der Waals surface area contributed by atoms with E-state index in [-0.39, 0.29) is 16.6 Å². The first kappa shape index (κ1) is 19.0. The fourth-order valence-corrected chi connectivity index (χ4v) is 3.35. The molecule has 2 aromatic carbocycles. The van der Waals surface area contributed by atoms with Gasteiger partial charge in [-0.2, -0.15) is 0 Å². The summed E-state index contributed by atoms with van der Waals surface area (Å²) in [4.78, 5) is 12.1. The third kappa shape index (κ3) is 4.80. The highest BCUT2D eigenvalue weighted by Crippen LogP contribution is 2.28. The van der Waals surface area contributed by atoms with Crippen molar-refractivity contribution < 1.29 is 17.9 Å². The summed E-state index contributed by atoms with van der Waals surface area (Å²) in [5.41, 5.74) is 1.49. The van der Waals surface area contributed by atoms with Gasteiger partial charge in [-0.1, -0.05) is 30.3 Å². The standard InChI is InChI=1S/C18H22N2O4S/c1-20(2)25(22,23)17-13-15(10-11-16(17)24-3)19-18(21)12-9-14-7-5-4-6-8-14/h4-8,10-11,13H,9,12H2,1-3H3,(H,19,21). The molecule has 2 rings (SSSR count). The molecule has 1 amide bonds. The van der Waals surface area contributed by atoms with Crippen molar-refractivity contribution in [2.24, 2.45) is 0 Å². The van der Waals surface area contributed by atoms with Crippen molar-refractivity contribution in [1.29, 1.82) is 0 Å². The predicted molar refractivity (Wildman–Crippen MR) is 97.3 cm³/mol. The van der Waals surface area contributed by atoms with Gasteiger partial charge in [0.15, 0.2) is 0 Å². The summed E-state index contributed by atoms with van der Waals surface area (Å²) in [7, 11) is 0.617. The average molecular weight is 362 g/mol. The van der Waals surface area contributed by atoms with Gasteiger partial charge in [0.2, 0.25) is 15.9 Å². The number of hydrogen-bond donors (Lipinski definition) is 1. The van der Waals surface area contributed by atoms with E-state index < -0.39 is 10.0 Å². The summed E-state index contributed by atoms with van der Waals surface area (Å²) in [6.45, 7) is 0. The Labute approximate surface area is 148 Å². The van der Waals surface area contributed by atoms with Crippen LogP contribution < -0.4 is 10.1 Å². The lowest BCUT2D eigenvalue weighted by Gasteiger charge is -2.16. The zero-order valence-corrected chi connectivity index (χ0v) is 15.3. The van der Waals surface area contributed by atoms with Crippen LogP contribution in [0.25, 0.3) is 0 Å². The number of ether oxygens (including phenoxy) is 1. The van der Waals surface area contributed by atoms with Crippen molar-refractivity contribution >= 4 is 21.6 Å². The quantitative estimate of drug-likeness (QED) is 0.821. The van der Waals surface area contributed by atoms with E-state index in [0.29, 0.717) is 18.5 Å². The Balaban J connectivity index is 2.13. The second-order valence-corrected chi connectivity index (χ2v) is 7.81. The van der Waals surface area contributed by atoms with Crippen LogP contribution in [0.5, 0.6) is 5.75 Å². The number of carbonyl (C=O) groups excluding carboxylic acids is 1. The second-order valence-electron chi connectivity index (χ2n) is 5.69. The molecule has 134 valence electrons. The molecule has 0 bridgehead atoms. The lowest BCUT2D eigenvalue weighted by Crippen LogP contribution is -2.23. The molecule has 7 heteroatoms. The molecule has 0 saturated heterocycles. The minimum absolute atomic E-state index is 0.0147. The molecule has 0 unspecified atom stereocenters. The van der Waals surface area contributed by atoms with Gasteiger partial charge in [0.05, 0.1) is 7.11 Å². The van der Waals surface area contributed by atoms with Gasteiger partial charge in [-0.05, 0) is 30.2 Å². The maximum absolute atomic E-state index is 12.4. The van der Waals surface area contributed by atoms with Crippen LogP contribution in [-0.2, 0) is 21.2 Å². The molecule has 0 spiro atoms. The first-order valence-electron chi connectivity index (χ1n) is 7.79. The SMILES string of the molecule is COc1ccc(NC(=O)CCc2ccccc2)cc1S(=O)(=O)N(C)C. The van der Waals surface area contributed by atoms with Gasteiger partial charge in [0.25, 0.3) is 0 Å². The van der Waals surface area contributed by atoms with Crippen LogP contribution in [0.15, 0.2) is 53.4 Å². The van der Waals surface area contributed by atoms with Crippen molar-refractivity contribution in [2.45, 2.75) is 17.7 Å². The van der Waals surface area contributed by atoms with E-state index in [4.69, 9.17) is 4.74 Å². The van der Waals surface area contributed by atoms with Gasteiger partial charge in [0.1, 0.15) is 10.6 Å². The molecular formula is C18H22N2O4S. The van der Waals surface area contributed by atoms with E-state index in [1.807, 2.05) is 30.3 Å². The topological polar surface area (TPSA) is 75.7 Å². The van der Waals surface area contributed by atoms with Crippen LogP contribution in [0.4, 0.5) is 5.69 Å². The first-order chi connectivity index (χ1) is 11.8. The highest BCUT2D eigenvalue weighted by atomic mass is 32.2. The number of nitrogens with zero attached hydrogens (tertiary/aromatic N) is 1. The Bertz CT molecular complexity index is 833. The summed E-state index contributed by atoms with van der Waals surface area (Å²) < 4.78 is 31.0. The Morgan fingerprint density at radius 1 is 1.12 bits per heavy atom. The maximum Gasteiger partial charge on any atom is 0.246 e. The minimum Gasteiger partial charge on any atom is -0.495 e. The molecule has 2 aromatic rings. The van der Waals surface area contributed by atoms with E-state index >= 15 is 0 Å². The Kier molecular flexibility index (Phi) is 6.17. The number of methoxy groups -OCH3 is 1. The van der Waals surface area contributed by atoms with Crippen LogP contribution in [0, 0.1) is 0 Å². The number of rotatable bonds is 7. The van der Waals surface area contributed by atoms with Crippen LogP contribution in [0.1, 0.15) is 12.0 Å². The molecule has 25 heavy (non-hydrogen) atoms. The predicted octanol–water partition coefficient (Wildman–Crippen LogP) is 2.52. The lowest BCUT2D eigenvalue weighted by atomic mass is 10.1. The minimum atomic E-state index is -3.68. The summed E-state index contributed by atoms with van der Waals surface area (Å²) in [6, 6.07) is 14.3. The van der Waals surface area contributed by atoms with E-state index in [2.05, 4.69) is 5.32 Å². The van der Waals surface area contributed by atoms with Gasteiger partial charge in [-0.3, -0.25) is 4.79 Å². The molecule has 0 heterocycles. The van der Waals surface area contributed by atoms with Crippen LogP contribution in [-0.4, -0.2) is 39.8 Å². The average Bonchev–Trinajstić information content (AvgIpc) is 2.60. The number of sulfonamides is 1. The van der Waals surface area contributed by atoms with Crippen molar-refractivity contribution in [1.82, 2.24) is 4.31 Å². The summed E-state index contributed by atoms with van der Waals surface area (Å²) in [5.74, 6) is 0.0539.